The summed E-state index contributed by atoms with van der Waals surface area (Å²) < 4.78 is 0.765. The second-order valence-electron chi connectivity index (χ2n) is 5.36. The molecular formula is C18H21ClN2OS. The van der Waals surface area contributed by atoms with E-state index in [0.717, 1.165) is 14.8 Å². The molecule has 0 aliphatic carbocycles. The molecule has 5 heteroatoms. The Morgan fingerprint density at radius 2 is 2.09 bits per heavy atom. The van der Waals surface area contributed by atoms with Crippen LogP contribution in [0.25, 0.3) is 0 Å². The monoisotopic (exact) mass is 348 g/mol. The lowest BCUT2D eigenvalue weighted by atomic mass is 10.1. The maximum absolute atomic E-state index is 12.3. The molecule has 1 heterocycles. The molecule has 0 saturated heterocycles. The summed E-state index contributed by atoms with van der Waals surface area (Å²) in [5, 5.41) is 3.04. The van der Waals surface area contributed by atoms with Crippen LogP contribution in [0.2, 0.25) is 4.34 Å². The third kappa shape index (κ3) is 5.82. The van der Waals surface area contributed by atoms with E-state index in [-0.39, 0.29) is 11.9 Å². The average molecular weight is 349 g/mol. The van der Waals surface area contributed by atoms with Gasteiger partial charge in [-0.1, -0.05) is 48.0 Å². The zero-order valence-electron chi connectivity index (χ0n) is 13.2. The van der Waals surface area contributed by atoms with E-state index in [1.54, 1.807) is 0 Å². The van der Waals surface area contributed by atoms with E-state index < -0.39 is 0 Å². The fourth-order valence-corrected chi connectivity index (χ4v) is 3.47. The molecule has 2 aromatic rings. The van der Waals surface area contributed by atoms with Crippen molar-refractivity contribution in [1.82, 2.24) is 10.2 Å². The van der Waals surface area contributed by atoms with Gasteiger partial charge in [0.15, 0.2) is 0 Å². The van der Waals surface area contributed by atoms with E-state index in [0.29, 0.717) is 19.6 Å². The smallest absolute Gasteiger partial charge is 0.234 e. The van der Waals surface area contributed by atoms with Crippen LogP contribution in [0.1, 0.15) is 23.4 Å². The second-order valence-corrected chi connectivity index (χ2v) is 7.16. The first-order valence-corrected chi connectivity index (χ1v) is 8.69. The second kappa shape index (κ2) is 8.87. The first kappa shape index (κ1) is 17.7. The molecule has 0 saturated carbocycles. The first-order valence-electron chi connectivity index (χ1n) is 7.50. The average Bonchev–Trinajstić information content (AvgIpc) is 2.93. The minimum Gasteiger partial charge on any atom is -0.348 e. The number of hydrogen-bond acceptors (Lipinski definition) is 3. The molecule has 2 rings (SSSR count). The summed E-state index contributed by atoms with van der Waals surface area (Å²) in [4.78, 5) is 15.5. The molecule has 1 aromatic heterocycles. The van der Waals surface area contributed by atoms with Gasteiger partial charge in [-0.25, -0.2) is 0 Å². The summed E-state index contributed by atoms with van der Waals surface area (Å²) in [5.74, 6) is 0.00542. The van der Waals surface area contributed by atoms with E-state index in [4.69, 9.17) is 11.6 Å². The quantitative estimate of drug-likeness (QED) is 0.723. The van der Waals surface area contributed by atoms with Gasteiger partial charge >= 0.3 is 0 Å². The highest BCUT2D eigenvalue weighted by Gasteiger charge is 2.14. The van der Waals surface area contributed by atoms with Gasteiger partial charge in [-0.3, -0.25) is 9.69 Å². The van der Waals surface area contributed by atoms with Gasteiger partial charge in [0.25, 0.3) is 0 Å². The van der Waals surface area contributed by atoms with Gasteiger partial charge in [0.05, 0.1) is 16.9 Å². The standard InChI is InChI=1S/C18H21ClN2OS/c1-3-11-21(12-16-9-10-17(19)23-16)13-18(22)20-14(2)15-7-5-4-6-8-15/h3-10,14H,1,11-13H2,2H3,(H,20,22). The topological polar surface area (TPSA) is 32.3 Å². The molecule has 3 nitrogen and oxygen atoms in total. The predicted molar refractivity (Wildman–Crippen MR) is 97.8 cm³/mol. The Kier molecular flexibility index (Phi) is 6.84. The molecule has 23 heavy (non-hydrogen) atoms. The van der Waals surface area contributed by atoms with Crippen LogP contribution in [0.3, 0.4) is 0 Å². The molecule has 0 aliphatic rings. The largest absolute Gasteiger partial charge is 0.348 e. The molecule has 0 bridgehead atoms. The predicted octanol–water partition coefficient (Wildman–Crippen LogP) is 4.27. The molecule has 1 unspecified atom stereocenters. The highest BCUT2D eigenvalue weighted by Crippen LogP contribution is 2.22. The Balaban J connectivity index is 1.91. The van der Waals surface area contributed by atoms with Crippen molar-refractivity contribution in [2.75, 3.05) is 13.1 Å². The van der Waals surface area contributed by atoms with Gasteiger partial charge in [0.1, 0.15) is 0 Å². The summed E-state index contributed by atoms with van der Waals surface area (Å²) in [6.07, 6.45) is 1.81. The SMILES string of the molecule is C=CCN(CC(=O)NC(C)c1ccccc1)Cc1ccc(Cl)s1. The van der Waals surface area contributed by atoms with Crippen LogP contribution in [-0.4, -0.2) is 23.9 Å². The number of thiophene rings is 1. The number of carbonyl (C=O) groups is 1. The van der Waals surface area contributed by atoms with Crippen molar-refractivity contribution in [3.8, 4) is 0 Å². The maximum atomic E-state index is 12.3. The van der Waals surface area contributed by atoms with E-state index >= 15 is 0 Å². The summed E-state index contributed by atoms with van der Waals surface area (Å²) in [6.45, 7) is 7.44. The minimum absolute atomic E-state index is 0.00542. The summed E-state index contributed by atoms with van der Waals surface area (Å²) >= 11 is 7.50. The van der Waals surface area contributed by atoms with Gasteiger partial charge in [-0.05, 0) is 24.6 Å². The lowest BCUT2D eigenvalue weighted by Gasteiger charge is -2.21. The van der Waals surface area contributed by atoms with Crippen LogP contribution in [0, 0.1) is 0 Å². The molecule has 1 aromatic carbocycles. The van der Waals surface area contributed by atoms with Crippen LogP contribution in [0.5, 0.6) is 0 Å². The molecular weight excluding hydrogens is 328 g/mol. The number of halogens is 1. The van der Waals surface area contributed by atoms with Gasteiger partial charge in [-0.15, -0.1) is 17.9 Å². The fourth-order valence-electron chi connectivity index (χ4n) is 2.34. The number of amides is 1. The number of nitrogens with one attached hydrogen (secondary N) is 1. The fraction of sp³-hybridized carbons (Fsp3) is 0.278. The number of hydrogen-bond donors (Lipinski definition) is 1. The van der Waals surface area contributed by atoms with Gasteiger partial charge in [-0.2, -0.15) is 0 Å². The molecule has 1 amide bonds. The first-order chi connectivity index (χ1) is 11.1. The Morgan fingerprint density at radius 1 is 1.35 bits per heavy atom. The van der Waals surface area contributed by atoms with E-state index in [9.17, 15) is 4.79 Å². The summed E-state index contributed by atoms with van der Waals surface area (Å²) in [7, 11) is 0. The van der Waals surface area contributed by atoms with Gasteiger partial charge in [0.2, 0.25) is 5.91 Å². The van der Waals surface area contributed by atoms with Crippen molar-refractivity contribution in [2.24, 2.45) is 0 Å². The van der Waals surface area contributed by atoms with Crippen LogP contribution in [0.15, 0.2) is 55.1 Å². The third-order valence-electron chi connectivity index (χ3n) is 3.44. The summed E-state index contributed by atoms with van der Waals surface area (Å²) in [6, 6.07) is 13.8. The van der Waals surface area contributed by atoms with Crippen molar-refractivity contribution in [2.45, 2.75) is 19.5 Å². The number of nitrogens with zero attached hydrogens (tertiary/aromatic N) is 1. The van der Waals surface area contributed by atoms with E-state index in [1.807, 2.05) is 60.4 Å². The molecule has 0 radical (unpaired) electrons. The Bertz CT molecular complexity index is 641. The molecule has 122 valence electrons. The normalized spacial score (nSPS) is 12.1. The lowest BCUT2D eigenvalue weighted by Crippen LogP contribution is -2.38. The third-order valence-corrected chi connectivity index (χ3v) is 4.66. The van der Waals surface area contributed by atoms with Crippen molar-refractivity contribution >= 4 is 28.8 Å². The molecule has 1 atom stereocenters. The Morgan fingerprint density at radius 3 is 2.70 bits per heavy atom. The van der Waals surface area contributed by atoms with Crippen molar-refractivity contribution in [1.29, 1.82) is 0 Å². The summed E-state index contributed by atoms with van der Waals surface area (Å²) in [5.41, 5.74) is 1.10. The highest BCUT2D eigenvalue weighted by molar-refractivity contribution is 7.16. The Labute approximate surface area is 146 Å². The molecule has 0 spiro atoms. The van der Waals surface area contributed by atoms with Crippen LogP contribution in [0.4, 0.5) is 0 Å². The van der Waals surface area contributed by atoms with Crippen molar-refractivity contribution in [3.63, 3.8) is 0 Å². The maximum Gasteiger partial charge on any atom is 0.234 e. The molecule has 0 fully saturated rings. The number of carbonyl (C=O) groups excluding carboxylic acids is 1. The van der Waals surface area contributed by atoms with Gasteiger partial charge in [0, 0.05) is 18.0 Å². The van der Waals surface area contributed by atoms with Crippen LogP contribution < -0.4 is 5.32 Å². The van der Waals surface area contributed by atoms with Crippen molar-refractivity contribution in [3.05, 3.63) is 69.9 Å². The highest BCUT2D eigenvalue weighted by atomic mass is 35.5. The van der Waals surface area contributed by atoms with E-state index in [1.165, 1.54) is 11.3 Å². The van der Waals surface area contributed by atoms with Crippen molar-refractivity contribution < 1.29 is 4.79 Å². The zero-order valence-corrected chi connectivity index (χ0v) is 14.7. The lowest BCUT2D eigenvalue weighted by molar-refractivity contribution is -0.122. The minimum atomic E-state index is -0.00883. The molecule has 1 N–H and O–H groups in total. The number of rotatable bonds is 8. The Hall–Kier alpha value is -1.62. The number of benzene rings is 1. The van der Waals surface area contributed by atoms with Crippen LogP contribution >= 0.6 is 22.9 Å². The van der Waals surface area contributed by atoms with E-state index in [2.05, 4.69) is 11.9 Å². The zero-order chi connectivity index (χ0) is 16.7. The molecule has 0 aliphatic heterocycles. The van der Waals surface area contributed by atoms with Crippen LogP contribution in [-0.2, 0) is 11.3 Å². The van der Waals surface area contributed by atoms with Gasteiger partial charge < -0.3 is 5.32 Å².